The molecule has 2 aromatic rings. The third-order valence-corrected chi connectivity index (χ3v) is 4.07. The molecule has 0 amide bonds. The lowest BCUT2D eigenvalue weighted by molar-refractivity contribution is 0.297. The molecule has 19 heavy (non-hydrogen) atoms. The van der Waals surface area contributed by atoms with E-state index in [1.54, 1.807) is 11.3 Å². The van der Waals surface area contributed by atoms with E-state index in [9.17, 15) is 0 Å². The Hall–Kier alpha value is -1.26. The van der Waals surface area contributed by atoms with Gasteiger partial charge in [-0.05, 0) is 17.7 Å². The van der Waals surface area contributed by atoms with Crippen LogP contribution in [0.15, 0.2) is 23.6 Å². The SMILES string of the molecule is ClCc1csc(Cc2ccc3c(c2)OCCCO3)n1. The quantitative estimate of drug-likeness (QED) is 0.810. The number of benzene rings is 1. The standard InChI is InChI=1S/C14H14ClNO2S/c15-8-11-9-19-14(16-11)7-10-2-3-12-13(6-10)18-5-1-4-17-12/h2-3,6,9H,1,4-5,7-8H2. The number of rotatable bonds is 3. The monoisotopic (exact) mass is 295 g/mol. The first kappa shape index (κ1) is 12.8. The van der Waals surface area contributed by atoms with Crippen LogP contribution in [-0.4, -0.2) is 18.2 Å². The molecule has 0 unspecified atom stereocenters. The van der Waals surface area contributed by atoms with Gasteiger partial charge in [0.1, 0.15) is 0 Å². The molecular weight excluding hydrogens is 282 g/mol. The number of alkyl halides is 1. The highest BCUT2D eigenvalue weighted by Crippen LogP contribution is 2.31. The second kappa shape index (κ2) is 5.80. The summed E-state index contributed by atoms with van der Waals surface area (Å²) in [5.74, 6) is 2.14. The van der Waals surface area contributed by atoms with Crippen LogP contribution in [0.25, 0.3) is 0 Å². The van der Waals surface area contributed by atoms with Gasteiger partial charge in [-0.3, -0.25) is 0 Å². The first-order valence-electron chi connectivity index (χ1n) is 6.23. The third-order valence-electron chi connectivity index (χ3n) is 2.90. The predicted octanol–water partition coefficient (Wildman–Crippen LogP) is 3.63. The summed E-state index contributed by atoms with van der Waals surface area (Å²) in [4.78, 5) is 4.47. The van der Waals surface area contributed by atoms with Crippen molar-refractivity contribution in [3.8, 4) is 11.5 Å². The summed E-state index contributed by atoms with van der Waals surface area (Å²) < 4.78 is 11.3. The van der Waals surface area contributed by atoms with E-state index in [1.807, 2.05) is 17.5 Å². The maximum atomic E-state index is 5.76. The Bertz CT molecular complexity index is 570. The molecule has 0 bridgehead atoms. The highest BCUT2D eigenvalue weighted by atomic mass is 35.5. The summed E-state index contributed by atoms with van der Waals surface area (Å²) in [6.45, 7) is 1.43. The predicted molar refractivity (Wildman–Crippen MR) is 76.5 cm³/mol. The number of thiazole rings is 1. The van der Waals surface area contributed by atoms with Crippen molar-refractivity contribution in [3.05, 3.63) is 39.8 Å². The van der Waals surface area contributed by atoms with Crippen LogP contribution < -0.4 is 9.47 Å². The second-order valence-electron chi connectivity index (χ2n) is 4.37. The van der Waals surface area contributed by atoms with Crippen molar-refractivity contribution in [2.75, 3.05) is 13.2 Å². The summed E-state index contributed by atoms with van der Waals surface area (Å²) in [7, 11) is 0. The Morgan fingerprint density at radius 2 is 2.05 bits per heavy atom. The number of nitrogens with zero attached hydrogens (tertiary/aromatic N) is 1. The number of hydrogen-bond donors (Lipinski definition) is 0. The Kier molecular flexibility index (Phi) is 3.89. The zero-order chi connectivity index (χ0) is 13.1. The van der Waals surface area contributed by atoms with Crippen LogP contribution in [0.1, 0.15) is 22.7 Å². The van der Waals surface area contributed by atoms with Crippen LogP contribution in [0, 0.1) is 0 Å². The zero-order valence-corrected chi connectivity index (χ0v) is 12.0. The average Bonchev–Trinajstić information content (AvgIpc) is 2.75. The first-order valence-corrected chi connectivity index (χ1v) is 7.64. The highest BCUT2D eigenvalue weighted by molar-refractivity contribution is 7.09. The summed E-state index contributed by atoms with van der Waals surface area (Å²) >= 11 is 7.41. The summed E-state index contributed by atoms with van der Waals surface area (Å²) in [6, 6.07) is 6.09. The minimum Gasteiger partial charge on any atom is -0.490 e. The van der Waals surface area contributed by atoms with Crippen molar-refractivity contribution >= 4 is 22.9 Å². The largest absolute Gasteiger partial charge is 0.490 e. The van der Waals surface area contributed by atoms with Crippen molar-refractivity contribution < 1.29 is 9.47 Å². The maximum absolute atomic E-state index is 5.76. The van der Waals surface area contributed by atoms with E-state index >= 15 is 0 Å². The fourth-order valence-corrected chi connectivity index (χ4v) is 3.04. The van der Waals surface area contributed by atoms with E-state index in [-0.39, 0.29) is 0 Å². The third kappa shape index (κ3) is 3.01. The maximum Gasteiger partial charge on any atom is 0.161 e. The molecule has 0 radical (unpaired) electrons. The van der Waals surface area contributed by atoms with Crippen molar-refractivity contribution in [1.82, 2.24) is 4.98 Å². The molecule has 1 aromatic heterocycles. The number of ether oxygens (including phenoxy) is 2. The van der Waals surface area contributed by atoms with Gasteiger partial charge in [-0.1, -0.05) is 6.07 Å². The number of aromatic nitrogens is 1. The second-order valence-corrected chi connectivity index (χ2v) is 5.58. The molecule has 2 heterocycles. The zero-order valence-electron chi connectivity index (χ0n) is 10.4. The Labute approximate surface area is 121 Å². The molecular formula is C14H14ClNO2S. The minimum absolute atomic E-state index is 0.470. The van der Waals surface area contributed by atoms with Crippen LogP contribution >= 0.6 is 22.9 Å². The van der Waals surface area contributed by atoms with Gasteiger partial charge in [0.15, 0.2) is 11.5 Å². The van der Waals surface area contributed by atoms with E-state index in [2.05, 4.69) is 11.1 Å². The molecule has 100 valence electrons. The Morgan fingerprint density at radius 1 is 1.21 bits per heavy atom. The number of fused-ring (bicyclic) bond motifs is 1. The highest BCUT2D eigenvalue weighted by Gasteiger charge is 2.11. The lowest BCUT2D eigenvalue weighted by Crippen LogP contribution is -1.97. The normalized spacial score (nSPS) is 14.2. The van der Waals surface area contributed by atoms with Gasteiger partial charge in [-0.25, -0.2) is 4.98 Å². The summed E-state index contributed by atoms with van der Waals surface area (Å²) in [6.07, 6.45) is 1.73. The lowest BCUT2D eigenvalue weighted by Gasteiger charge is -2.08. The van der Waals surface area contributed by atoms with E-state index in [4.69, 9.17) is 21.1 Å². The van der Waals surface area contributed by atoms with Gasteiger partial charge < -0.3 is 9.47 Å². The Balaban J connectivity index is 1.79. The molecule has 5 heteroatoms. The molecule has 1 aliphatic heterocycles. The van der Waals surface area contributed by atoms with Crippen molar-refractivity contribution in [2.24, 2.45) is 0 Å². The fraction of sp³-hybridized carbons (Fsp3) is 0.357. The Morgan fingerprint density at radius 3 is 2.84 bits per heavy atom. The van der Waals surface area contributed by atoms with Crippen molar-refractivity contribution in [1.29, 1.82) is 0 Å². The molecule has 0 atom stereocenters. The van der Waals surface area contributed by atoms with E-state index in [0.717, 1.165) is 41.6 Å². The number of hydrogen-bond acceptors (Lipinski definition) is 4. The van der Waals surface area contributed by atoms with Crippen LogP contribution in [0.2, 0.25) is 0 Å². The minimum atomic E-state index is 0.470. The van der Waals surface area contributed by atoms with Gasteiger partial charge in [0.05, 0.1) is 29.8 Å². The van der Waals surface area contributed by atoms with Crippen LogP contribution in [-0.2, 0) is 12.3 Å². The lowest BCUT2D eigenvalue weighted by atomic mass is 10.1. The topological polar surface area (TPSA) is 31.4 Å². The van der Waals surface area contributed by atoms with Gasteiger partial charge in [-0.15, -0.1) is 22.9 Å². The molecule has 0 saturated heterocycles. The molecule has 0 N–H and O–H groups in total. The molecule has 0 fully saturated rings. The smallest absolute Gasteiger partial charge is 0.161 e. The van der Waals surface area contributed by atoms with Crippen LogP contribution in [0.4, 0.5) is 0 Å². The molecule has 0 saturated carbocycles. The molecule has 3 rings (SSSR count). The molecule has 3 nitrogen and oxygen atoms in total. The van der Waals surface area contributed by atoms with Crippen LogP contribution in [0.3, 0.4) is 0 Å². The average molecular weight is 296 g/mol. The summed E-state index contributed by atoms with van der Waals surface area (Å²) in [5, 5.41) is 3.08. The van der Waals surface area contributed by atoms with Crippen molar-refractivity contribution in [3.63, 3.8) is 0 Å². The van der Waals surface area contributed by atoms with Gasteiger partial charge in [0, 0.05) is 18.2 Å². The van der Waals surface area contributed by atoms with Gasteiger partial charge in [-0.2, -0.15) is 0 Å². The molecule has 0 spiro atoms. The van der Waals surface area contributed by atoms with E-state index < -0.39 is 0 Å². The van der Waals surface area contributed by atoms with Crippen LogP contribution in [0.5, 0.6) is 11.5 Å². The molecule has 0 aliphatic carbocycles. The van der Waals surface area contributed by atoms with E-state index in [1.165, 1.54) is 5.56 Å². The molecule has 1 aliphatic rings. The van der Waals surface area contributed by atoms with Gasteiger partial charge in [0.2, 0.25) is 0 Å². The van der Waals surface area contributed by atoms with Crippen molar-refractivity contribution in [2.45, 2.75) is 18.7 Å². The number of halogens is 1. The summed E-state index contributed by atoms with van der Waals surface area (Å²) in [5.41, 5.74) is 2.12. The van der Waals surface area contributed by atoms with Gasteiger partial charge in [0.25, 0.3) is 0 Å². The van der Waals surface area contributed by atoms with E-state index in [0.29, 0.717) is 12.5 Å². The first-order chi connectivity index (χ1) is 9.35. The molecule has 1 aromatic carbocycles. The fourth-order valence-electron chi connectivity index (χ4n) is 1.98. The van der Waals surface area contributed by atoms with Gasteiger partial charge >= 0.3 is 0 Å².